The summed E-state index contributed by atoms with van der Waals surface area (Å²) >= 11 is 3.06. The third-order valence-corrected chi connectivity index (χ3v) is 8.08. The Morgan fingerprint density at radius 1 is 1.30 bits per heavy atom. The monoisotopic (exact) mass is 424 g/mol. The summed E-state index contributed by atoms with van der Waals surface area (Å²) in [6.45, 7) is 0. The molecule has 2 aromatic rings. The largest absolute Gasteiger partial charge is 0.301 e. The summed E-state index contributed by atoms with van der Waals surface area (Å²) in [5.74, 6) is 0.160. The fraction of sp³-hybridized carbons (Fsp3) is 0.474. The highest BCUT2D eigenvalue weighted by atomic mass is 32.2. The Morgan fingerprint density at radius 2 is 1.96 bits per heavy atom. The summed E-state index contributed by atoms with van der Waals surface area (Å²) in [4.78, 5) is 17.6. The number of benzene rings is 1. The van der Waals surface area contributed by atoms with Crippen molar-refractivity contribution in [1.29, 1.82) is 0 Å². The van der Waals surface area contributed by atoms with Crippen LogP contribution in [0, 0.1) is 5.92 Å². The molecule has 5 nitrogen and oxygen atoms in total. The lowest BCUT2D eigenvalue weighted by molar-refractivity contribution is -0.118. The van der Waals surface area contributed by atoms with Crippen LogP contribution in [-0.4, -0.2) is 31.8 Å². The van der Waals surface area contributed by atoms with E-state index in [1.54, 1.807) is 42.2 Å². The number of thioether (sulfide) groups is 1. The molecule has 1 fully saturated rings. The van der Waals surface area contributed by atoms with Crippen molar-refractivity contribution in [3.8, 4) is 0 Å². The number of aromatic nitrogens is 1. The van der Waals surface area contributed by atoms with E-state index < -0.39 is 9.84 Å². The summed E-state index contributed by atoms with van der Waals surface area (Å²) in [6.07, 6.45) is 10.5. The van der Waals surface area contributed by atoms with E-state index in [9.17, 15) is 13.2 Å². The molecule has 1 saturated carbocycles. The van der Waals surface area contributed by atoms with Gasteiger partial charge in [-0.25, -0.2) is 13.4 Å². The number of carbonyl (C=O) groups is 1. The molecule has 1 aromatic carbocycles. The van der Waals surface area contributed by atoms with Gasteiger partial charge in [-0.1, -0.05) is 49.2 Å². The SMILES string of the molecule is CSc1cnc(NC(=O)[C@@H](CC2CCCC2)c2ccc(S(C)(=O)=O)cc2)s1. The zero-order chi connectivity index (χ0) is 19.4. The third kappa shape index (κ3) is 5.33. The number of nitrogens with one attached hydrogen (secondary N) is 1. The molecule has 1 aliphatic rings. The maximum absolute atomic E-state index is 13.0. The maximum atomic E-state index is 13.0. The number of nitrogens with zero attached hydrogens (tertiary/aromatic N) is 1. The van der Waals surface area contributed by atoms with Gasteiger partial charge in [-0.2, -0.15) is 0 Å². The van der Waals surface area contributed by atoms with Crippen LogP contribution in [0.15, 0.2) is 39.6 Å². The fourth-order valence-electron chi connectivity index (χ4n) is 3.53. The highest BCUT2D eigenvalue weighted by Gasteiger charge is 2.27. The normalized spacial score (nSPS) is 16.4. The van der Waals surface area contributed by atoms with Gasteiger partial charge in [0, 0.05) is 6.26 Å². The topological polar surface area (TPSA) is 76.1 Å². The van der Waals surface area contributed by atoms with Gasteiger partial charge in [-0.3, -0.25) is 4.79 Å². The molecule has 0 saturated heterocycles. The predicted octanol–water partition coefficient (Wildman–Crippen LogP) is 4.57. The number of carbonyl (C=O) groups excluding carboxylic acids is 1. The van der Waals surface area contributed by atoms with E-state index >= 15 is 0 Å². The van der Waals surface area contributed by atoms with Gasteiger partial charge in [-0.05, 0) is 36.3 Å². The van der Waals surface area contributed by atoms with Crippen molar-refractivity contribution in [2.24, 2.45) is 5.92 Å². The lowest BCUT2D eigenvalue weighted by Crippen LogP contribution is -2.23. The number of sulfone groups is 1. The molecule has 3 rings (SSSR count). The quantitative estimate of drug-likeness (QED) is 0.659. The Labute approximate surface area is 168 Å². The van der Waals surface area contributed by atoms with Crippen LogP contribution in [-0.2, 0) is 14.6 Å². The zero-order valence-corrected chi connectivity index (χ0v) is 17.9. The van der Waals surface area contributed by atoms with Crippen molar-refractivity contribution in [3.05, 3.63) is 36.0 Å². The van der Waals surface area contributed by atoms with Gasteiger partial charge in [0.1, 0.15) is 0 Å². The van der Waals surface area contributed by atoms with E-state index in [0.29, 0.717) is 11.0 Å². The van der Waals surface area contributed by atoms with Crippen molar-refractivity contribution >= 4 is 44.0 Å². The second-order valence-electron chi connectivity index (χ2n) is 6.96. The van der Waals surface area contributed by atoms with Crippen LogP contribution >= 0.6 is 23.1 Å². The first-order chi connectivity index (χ1) is 12.9. The Kier molecular flexibility index (Phi) is 6.60. The van der Waals surface area contributed by atoms with E-state index in [4.69, 9.17) is 0 Å². The molecular formula is C19H24N2O3S3. The van der Waals surface area contributed by atoms with Crippen molar-refractivity contribution < 1.29 is 13.2 Å². The Hall–Kier alpha value is -1.38. The van der Waals surface area contributed by atoms with Crippen LogP contribution in [0.4, 0.5) is 5.13 Å². The minimum Gasteiger partial charge on any atom is -0.301 e. The van der Waals surface area contributed by atoms with Crippen LogP contribution in [0.3, 0.4) is 0 Å². The number of hydrogen-bond acceptors (Lipinski definition) is 6. The van der Waals surface area contributed by atoms with Crippen LogP contribution in [0.2, 0.25) is 0 Å². The standard InChI is InChI=1S/C19H24N2O3S3/c1-25-17-12-20-19(26-17)21-18(22)16(11-13-5-3-4-6-13)14-7-9-15(10-8-14)27(2,23)24/h7-10,12-13,16H,3-6,11H2,1-2H3,(H,20,21,22)/t16-/m0/s1. The van der Waals surface area contributed by atoms with Crippen LogP contribution in [0.5, 0.6) is 0 Å². The van der Waals surface area contributed by atoms with Gasteiger partial charge < -0.3 is 5.32 Å². The third-order valence-electron chi connectivity index (χ3n) is 4.99. The average Bonchev–Trinajstić information content (AvgIpc) is 3.30. The molecule has 27 heavy (non-hydrogen) atoms. The second-order valence-corrected chi connectivity index (χ2v) is 11.1. The van der Waals surface area contributed by atoms with Gasteiger partial charge in [-0.15, -0.1) is 11.8 Å². The molecule has 0 radical (unpaired) electrons. The fourth-order valence-corrected chi connectivity index (χ4v) is 5.44. The molecule has 1 aromatic heterocycles. The first-order valence-electron chi connectivity index (χ1n) is 8.97. The molecule has 8 heteroatoms. The number of amides is 1. The van der Waals surface area contributed by atoms with Gasteiger partial charge >= 0.3 is 0 Å². The number of anilines is 1. The predicted molar refractivity (Wildman–Crippen MR) is 111 cm³/mol. The lowest BCUT2D eigenvalue weighted by atomic mass is 9.87. The van der Waals surface area contributed by atoms with E-state index in [2.05, 4.69) is 10.3 Å². The molecule has 0 spiro atoms. The van der Waals surface area contributed by atoms with E-state index in [1.807, 2.05) is 6.26 Å². The minimum atomic E-state index is -3.25. The first-order valence-corrected chi connectivity index (χ1v) is 12.9. The summed E-state index contributed by atoms with van der Waals surface area (Å²) in [7, 11) is -3.25. The number of thiazole rings is 1. The highest BCUT2D eigenvalue weighted by molar-refractivity contribution is 8.00. The van der Waals surface area contributed by atoms with Crippen molar-refractivity contribution in [1.82, 2.24) is 4.98 Å². The summed E-state index contributed by atoms with van der Waals surface area (Å²) < 4.78 is 24.5. The Bertz CT molecular complexity index is 885. The van der Waals surface area contributed by atoms with Crippen molar-refractivity contribution in [2.75, 3.05) is 17.8 Å². The molecule has 1 aliphatic carbocycles. The van der Waals surface area contributed by atoms with Crippen molar-refractivity contribution in [2.45, 2.75) is 47.1 Å². The van der Waals surface area contributed by atoms with Gasteiger partial charge in [0.05, 0.1) is 21.2 Å². The average molecular weight is 425 g/mol. The molecule has 0 unspecified atom stereocenters. The smallest absolute Gasteiger partial charge is 0.233 e. The lowest BCUT2D eigenvalue weighted by Gasteiger charge is -2.20. The van der Waals surface area contributed by atoms with E-state index in [-0.39, 0.29) is 16.7 Å². The first kappa shape index (κ1) is 20.4. The minimum absolute atomic E-state index is 0.0731. The van der Waals surface area contributed by atoms with Crippen LogP contribution < -0.4 is 5.32 Å². The molecule has 1 atom stereocenters. The van der Waals surface area contributed by atoms with Crippen LogP contribution in [0.25, 0.3) is 0 Å². The van der Waals surface area contributed by atoms with Crippen molar-refractivity contribution in [3.63, 3.8) is 0 Å². The van der Waals surface area contributed by atoms with Gasteiger partial charge in [0.15, 0.2) is 15.0 Å². The molecule has 0 aliphatic heterocycles. The van der Waals surface area contributed by atoms with Gasteiger partial charge in [0.25, 0.3) is 0 Å². The maximum Gasteiger partial charge on any atom is 0.233 e. The zero-order valence-electron chi connectivity index (χ0n) is 15.5. The number of rotatable bonds is 7. The Balaban J connectivity index is 1.82. The molecule has 1 N–H and O–H groups in total. The molecular weight excluding hydrogens is 400 g/mol. The summed E-state index contributed by atoms with van der Waals surface area (Å²) in [5.41, 5.74) is 0.855. The number of hydrogen-bond donors (Lipinski definition) is 1. The van der Waals surface area contributed by atoms with E-state index in [1.165, 1.54) is 30.4 Å². The molecule has 0 bridgehead atoms. The summed E-state index contributed by atoms with van der Waals surface area (Å²) in [5, 5.41) is 3.56. The molecule has 1 heterocycles. The highest BCUT2D eigenvalue weighted by Crippen LogP contribution is 2.35. The second kappa shape index (κ2) is 8.75. The molecule has 146 valence electrons. The van der Waals surface area contributed by atoms with Crippen LogP contribution in [0.1, 0.15) is 43.6 Å². The van der Waals surface area contributed by atoms with Gasteiger partial charge in [0.2, 0.25) is 5.91 Å². The molecule has 1 amide bonds. The van der Waals surface area contributed by atoms with E-state index in [0.717, 1.165) is 29.0 Å². The Morgan fingerprint density at radius 3 is 2.52 bits per heavy atom. The summed E-state index contributed by atoms with van der Waals surface area (Å²) in [6, 6.07) is 6.72.